The van der Waals surface area contributed by atoms with Crippen molar-refractivity contribution in [3.63, 3.8) is 0 Å². The van der Waals surface area contributed by atoms with E-state index in [1.165, 1.54) is 5.56 Å². The predicted molar refractivity (Wildman–Crippen MR) is 64.4 cm³/mol. The molecule has 2 rings (SSSR count). The molecule has 0 spiro atoms. The monoisotopic (exact) mass is 220 g/mol. The number of hydrogen-bond acceptors (Lipinski definition) is 2. The summed E-state index contributed by atoms with van der Waals surface area (Å²) in [5, 5.41) is 9.74. The van der Waals surface area contributed by atoms with Gasteiger partial charge in [0.2, 0.25) is 0 Å². The van der Waals surface area contributed by atoms with E-state index in [-0.39, 0.29) is 12.2 Å². The SMILES string of the molecule is OC1CCCOC1CCCc1ccccc1. The summed E-state index contributed by atoms with van der Waals surface area (Å²) in [6.07, 6.45) is 4.85. The Bertz CT molecular complexity index is 297. The number of ether oxygens (including phenoxy) is 1. The molecule has 1 saturated heterocycles. The first-order valence-electron chi connectivity index (χ1n) is 6.20. The standard InChI is InChI=1S/C14H20O2/c15-13-9-5-11-16-14(13)10-4-8-12-6-2-1-3-7-12/h1-3,6-7,13-15H,4-5,8-11H2. The summed E-state index contributed by atoms with van der Waals surface area (Å²) in [6, 6.07) is 10.5. The van der Waals surface area contributed by atoms with E-state index in [4.69, 9.17) is 4.74 Å². The Balaban J connectivity index is 1.71. The van der Waals surface area contributed by atoms with E-state index in [2.05, 4.69) is 24.3 Å². The van der Waals surface area contributed by atoms with E-state index < -0.39 is 0 Å². The molecule has 2 heteroatoms. The zero-order valence-corrected chi connectivity index (χ0v) is 9.64. The molecule has 0 radical (unpaired) electrons. The number of aliphatic hydroxyl groups excluding tert-OH is 1. The van der Waals surface area contributed by atoms with Crippen LogP contribution in [-0.2, 0) is 11.2 Å². The molecule has 1 aliphatic rings. The van der Waals surface area contributed by atoms with Crippen LogP contribution in [0.3, 0.4) is 0 Å². The van der Waals surface area contributed by atoms with E-state index in [9.17, 15) is 5.11 Å². The lowest BCUT2D eigenvalue weighted by Crippen LogP contribution is -2.33. The first kappa shape index (κ1) is 11.6. The van der Waals surface area contributed by atoms with Crippen LogP contribution >= 0.6 is 0 Å². The van der Waals surface area contributed by atoms with E-state index in [0.717, 1.165) is 38.7 Å². The third-order valence-electron chi connectivity index (χ3n) is 3.20. The van der Waals surface area contributed by atoms with Gasteiger partial charge in [0.15, 0.2) is 0 Å². The van der Waals surface area contributed by atoms with Gasteiger partial charge in [-0.15, -0.1) is 0 Å². The smallest absolute Gasteiger partial charge is 0.0834 e. The number of aliphatic hydroxyl groups is 1. The minimum absolute atomic E-state index is 0.0671. The van der Waals surface area contributed by atoms with Crippen LogP contribution in [0, 0.1) is 0 Å². The van der Waals surface area contributed by atoms with Crippen molar-refractivity contribution < 1.29 is 9.84 Å². The van der Waals surface area contributed by atoms with E-state index >= 15 is 0 Å². The van der Waals surface area contributed by atoms with Crippen LogP contribution < -0.4 is 0 Å². The van der Waals surface area contributed by atoms with Crippen molar-refractivity contribution in [2.24, 2.45) is 0 Å². The van der Waals surface area contributed by atoms with E-state index in [1.807, 2.05) is 6.07 Å². The van der Waals surface area contributed by atoms with Crippen LogP contribution in [0.25, 0.3) is 0 Å². The Morgan fingerprint density at radius 1 is 1.25 bits per heavy atom. The predicted octanol–water partition coefficient (Wildman–Crippen LogP) is 2.55. The lowest BCUT2D eigenvalue weighted by atomic mass is 9.99. The van der Waals surface area contributed by atoms with Crippen molar-refractivity contribution >= 4 is 0 Å². The third kappa shape index (κ3) is 3.32. The minimum atomic E-state index is -0.246. The molecule has 0 amide bonds. The van der Waals surface area contributed by atoms with Gasteiger partial charge in [0.05, 0.1) is 12.2 Å². The molecule has 1 aromatic carbocycles. The lowest BCUT2D eigenvalue weighted by molar-refractivity contribution is -0.0773. The maximum Gasteiger partial charge on any atom is 0.0834 e. The quantitative estimate of drug-likeness (QED) is 0.845. The second kappa shape index (κ2) is 6.02. The largest absolute Gasteiger partial charge is 0.390 e. The minimum Gasteiger partial charge on any atom is -0.390 e. The van der Waals surface area contributed by atoms with Crippen LogP contribution in [0.2, 0.25) is 0 Å². The number of aryl methyl sites for hydroxylation is 1. The molecule has 0 saturated carbocycles. The first-order valence-corrected chi connectivity index (χ1v) is 6.20. The van der Waals surface area contributed by atoms with Gasteiger partial charge in [-0.05, 0) is 37.7 Å². The fourth-order valence-electron chi connectivity index (χ4n) is 2.25. The fourth-order valence-corrected chi connectivity index (χ4v) is 2.25. The number of hydrogen-bond donors (Lipinski definition) is 1. The Hall–Kier alpha value is -0.860. The molecule has 1 N–H and O–H groups in total. The van der Waals surface area contributed by atoms with E-state index in [0.29, 0.717) is 0 Å². The molecule has 0 aromatic heterocycles. The van der Waals surface area contributed by atoms with Crippen molar-refractivity contribution in [2.75, 3.05) is 6.61 Å². The summed E-state index contributed by atoms with van der Waals surface area (Å²) in [4.78, 5) is 0. The summed E-state index contributed by atoms with van der Waals surface area (Å²) in [5.41, 5.74) is 1.37. The summed E-state index contributed by atoms with van der Waals surface area (Å²) in [6.45, 7) is 0.813. The van der Waals surface area contributed by atoms with Crippen LogP contribution in [0.15, 0.2) is 30.3 Å². The van der Waals surface area contributed by atoms with Crippen molar-refractivity contribution in [2.45, 2.75) is 44.3 Å². The topological polar surface area (TPSA) is 29.5 Å². The van der Waals surface area contributed by atoms with Gasteiger partial charge in [-0.3, -0.25) is 0 Å². The molecular formula is C14H20O2. The summed E-state index contributed by atoms with van der Waals surface area (Å²) in [5.74, 6) is 0. The Morgan fingerprint density at radius 2 is 2.06 bits per heavy atom. The van der Waals surface area contributed by atoms with Gasteiger partial charge in [0, 0.05) is 6.61 Å². The molecule has 0 bridgehead atoms. The molecule has 2 nitrogen and oxygen atoms in total. The van der Waals surface area contributed by atoms with Crippen LogP contribution in [0.5, 0.6) is 0 Å². The van der Waals surface area contributed by atoms with E-state index in [1.54, 1.807) is 0 Å². The second-order valence-corrected chi connectivity index (χ2v) is 4.50. The molecular weight excluding hydrogens is 200 g/mol. The zero-order valence-electron chi connectivity index (χ0n) is 9.64. The Morgan fingerprint density at radius 3 is 2.81 bits per heavy atom. The normalized spacial score (nSPS) is 25.6. The van der Waals surface area contributed by atoms with Gasteiger partial charge in [0.1, 0.15) is 0 Å². The average molecular weight is 220 g/mol. The van der Waals surface area contributed by atoms with Crippen LogP contribution in [-0.4, -0.2) is 23.9 Å². The molecule has 2 unspecified atom stereocenters. The molecule has 1 fully saturated rings. The first-order chi connectivity index (χ1) is 7.86. The Kier molecular flexibility index (Phi) is 4.37. The maximum absolute atomic E-state index is 9.74. The molecule has 2 atom stereocenters. The Labute approximate surface area is 97.3 Å². The second-order valence-electron chi connectivity index (χ2n) is 4.50. The van der Waals surface area contributed by atoms with Gasteiger partial charge in [-0.25, -0.2) is 0 Å². The highest BCUT2D eigenvalue weighted by molar-refractivity contribution is 5.14. The van der Waals surface area contributed by atoms with Gasteiger partial charge < -0.3 is 9.84 Å². The zero-order chi connectivity index (χ0) is 11.2. The average Bonchev–Trinajstić information content (AvgIpc) is 2.33. The van der Waals surface area contributed by atoms with Crippen molar-refractivity contribution in [3.05, 3.63) is 35.9 Å². The number of benzene rings is 1. The van der Waals surface area contributed by atoms with Crippen LogP contribution in [0.1, 0.15) is 31.2 Å². The van der Waals surface area contributed by atoms with Gasteiger partial charge in [0.25, 0.3) is 0 Å². The van der Waals surface area contributed by atoms with Crippen LogP contribution in [0.4, 0.5) is 0 Å². The molecule has 16 heavy (non-hydrogen) atoms. The van der Waals surface area contributed by atoms with Crippen molar-refractivity contribution in [3.8, 4) is 0 Å². The molecule has 1 aliphatic heterocycles. The van der Waals surface area contributed by atoms with Gasteiger partial charge >= 0.3 is 0 Å². The summed E-state index contributed by atoms with van der Waals surface area (Å²) < 4.78 is 5.58. The highest BCUT2D eigenvalue weighted by atomic mass is 16.5. The number of rotatable bonds is 4. The molecule has 1 heterocycles. The fraction of sp³-hybridized carbons (Fsp3) is 0.571. The highest BCUT2D eigenvalue weighted by Crippen LogP contribution is 2.18. The molecule has 1 aromatic rings. The van der Waals surface area contributed by atoms with Crippen molar-refractivity contribution in [1.29, 1.82) is 0 Å². The molecule has 0 aliphatic carbocycles. The lowest BCUT2D eigenvalue weighted by Gasteiger charge is -2.27. The third-order valence-corrected chi connectivity index (χ3v) is 3.20. The van der Waals surface area contributed by atoms with Crippen molar-refractivity contribution in [1.82, 2.24) is 0 Å². The highest BCUT2D eigenvalue weighted by Gasteiger charge is 2.22. The maximum atomic E-state index is 9.74. The van der Waals surface area contributed by atoms with Gasteiger partial charge in [-0.1, -0.05) is 30.3 Å². The summed E-state index contributed by atoms with van der Waals surface area (Å²) in [7, 11) is 0. The summed E-state index contributed by atoms with van der Waals surface area (Å²) >= 11 is 0. The van der Waals surface area contributed by atoms with Gasteiger partial charge in [-0.2, -0.15) is 0 Å². The molecule has 88 valence electrons.